The third-order valence-electron chi connectivity index (χ3n) is 4.03. The average Bonchev–Trinajstić information content (AvgIpc) is 2.54. The molecule has 1 aliphatic heterocycles. The van der Waals surface area contributed by atoms with Crippen LogP contribution in [0.1, 0.15) is 18.4 Å². The van der Waals surface area contributed by atoms with Crippen LogP contribution in [0.4, 0.5) is 0 Å². The topological polar surface area (TPSA) is 67.6 Å². The molecule has 1 heterocycles. The van der Waals surface area contributed by atoms with Crippen molar-refractivity contribution < 1.29 is 9.53 Å². The van der Waals surface area contributed by atoms with Crippen molar-refractivity contribution in [2.24, 2.45) is 11.7 Å². The van der Waals surface area contributed by atoms with Gasteiger partial charge in [-0.1, -0.05) is 12.1 Å². The standard InChI is InChI=1S/C16H25N3O2.ClH/c1-21-15-4-2-3-14(9-15)11-18-16(20)12-19-7-5-13(10-17)6-8-19;/h2-4,9,13H,5-8,10-12,17H2,1H3,(H,18,20);1H. The summed E-state index contributed by atoms with van der Waals surface area (Å²) in [7, 11) is 1.64. The van der Waals surface area contributed by atoms with Crippen LogP contribution in [0.25, 0.3) is 0 Å². The predicted molar refractivity (Wildman–Crippen MR) is 90.3 cm³/mol. The van der Waals surface area contributed by atoms with Crippen LogP contribution < -0.4 is 15.8 Å². The van der Waals surface area contributed by atoms with Gasteiger partial charge in [-0.25, -0.2) is 0 Å². The highest BCUT2D eigenvalue weighted by Crippen LogP contribution is 2.15. The number of amides is 1. The molecule has 0 spiro atoms. The lowest BCUT2D eigenvalue weighted by molar-refractivity contribution is -0.122. The molecule has 0 radical (unpaired) electrons. The van der Waals surface area contributed by atoms with Crippen molar-refractivity contribution in [3.05, 3.63) is 29.8 Å². The maximum atomic E-state index is 12.0. The number of ether oxygens (including phenoxy) is 1. The van der Waals surface area contributed by atoms with Crippen LogP contribution in [0.2, 0.25) is 0 Å². The lowest BCUT2D eigenvalue weighted by Gasteiger charge is -2.30. The number of benzene rings is 1. The molecule has 3 N–H and O–H groups in total. The fraction of sp³-hybridized carbons (Fsp3) is 0.562. The van der Waals surface area contributed by atoms with Gasteiger partial charge in [-0.05, 0) is 56.1 Å². The quantitative estimate of drug-likeness (QED) is 0.829. The Bertz CT molecular complexity index is 462. The molecule has 0 aliphatic carbocycles. The number of piperidine rings is 1. The molecule has 2 rings (SSSR count). The molecule has 0 bridgehead atoms. The molecule has 1 aromatic rings. The number of hydrogen-bond donors (Lipinski definition) is 2. The first-order valence-corrected chi connectivity index (χ1v) is 7.53. The van der Waals surface area contributed by atoms with Gasteiger partial charge in [-0.15, -0.1) is 12.4 Å². The predicted octanol–water partition coefficient (Wildman–Crippen LogP) is 1.40. The minimum atomic E-state index is 0. The summed E-state index contributed by atoms with van der Waals surface area (Å²) in [5.74, 6) is 1.51. The SMILES string of the molecule is COc1cccc(CNC(=O)CN2CCC(CN)CC2)c1.Cl. The number of carbonyl (C=O) groups is 1. The summed E-state index contributed by atoms with van der Waals surface area (Å²) in [4.78, 5) is 14.2. The molecular formula is C16H26ClN3O2. The molecule has 5 nitrogen and oxygen atoms in total. The molecule has 0 atom stereocenters. The number of nitrogens with two attached hydrogens (primary N) is 1. The molecule has 0 saturated carbocycles. The monoisotopic (exact) mass is 327 g/mol. The smallest absolute Gasteiger partial charge is 0.234 e. The van der Waals surface area contributed by atoms with E-state index >= 15 is 0 Å². The summed E-state index contributed by atoms with van der Waals surface area (Å²) < 4.78 is 5.17. The van der Waals surface area contributed by atoms with Gasteiger partial charge in [0, 0.05) is 6.54 Å². The van der Waals surface area contributed by atoms with E-state index in [0.29, 0.717) is 19.0 Å². The second-order valence-corrected chi connectivity index (χ2v) is 5.58. The Balaban J connectivity index is 0.00000242. The van der Waals surface area contributed by atoms with Crippen molar-refractivity contribution in [2.45, 2.75) is 19.4 Å². The van der Waals surface area contributed by atoms with Crippen LogP contribution in [0.5, 0.6) is 5.75 Å². The van der Waals surface area contributed by atoms with Crippen LogP contribution in [-0.4, -0.2) is 44.1 Å². The summed E-state index contributed by atoms with van der Waals surface area (Å²) in [5.41, 5.74) is 6.72. The number of nitrogens with zero attached hydrogens (tertiary/aromatic N) is 1. The van der Waals surface area contributed by atoms with E-state index in [0.717, 1.165) is 43.8 Å². The highest BCUT2D eigenvalue weighted by Gasteiger charge is 2.19. The molecule has 124 valence electrons. The minimum absolute atomic E-state index is 0. The molecule has 1 fully saturated rings. The van der Waals surface area contributed by atoms with Crippen LogP contribution >= 0.6 is 12.4 Å². The van der Waals surface area contributed by atoms with Crippen LogP contribution in [0.3, 0.4) is 0 Å². The van der Waals surface area contributed by atoms with E-state index in [1.807, 2.05) is 24.3 Å². The van der Waals surface area contributed by atoms with Gasteiger partial charge in [0.15, 0.2) is 0 Å². The van der Waals surface area contributed by atoms with E-state index in [1.165, 1.54) is 0 Å². The fourth-order valence-electron chi connectivity index (χ4n) is 2.62. The second-order valence-electron chi connectivity index (χ2n) is 5.58. The molecule has 1 aliphatic rings. The number of halogens is 1. The van der Waals surface area contributed by atoms with Crippen molar-refractivity contribution >= 4 is 18.3 Å². The number of nitrogens with one attached hydrogen (secondary N) is 1. The number of rotatable bonds is 6. The summed E-state index contributed by atoms with van der Waals surface area (Å²) in [5, 5.41) is 2.96. The molecule has 6 heteroatoms. The first kappa shape index (κ1) is 18.7. The first-order valence-electron chi connectivity index (χ1n) is 7.53. The highest BCUT2D eigenvalue weighted by atomic mass is 35.5. The summed E-state index contributed by atoms with van der Waals surface area (Å²) in [6, 6.07) is 7.74. The summed E-state index contributed by atoms with van der Waals surface area (Å²) in [6.07, 6.45) is 2.19. The van der Waals surface area contributed by atoms with Crippen LogP contribution in [0.15, 0.2) is 24.3 Å². The van der Waals surface area contributed by atoms with Crippen LogP contribution in [-0.2, 0) is 11.3 Å². The van der Waals surface area contributed by atoms with Gasteiger partial charge in [0.05, 0.1) is 13.7 Å². The fourth-order valence-corrected chi connectivity index (χ4v) is 2.62. The van der Waals surface area contributed by atoms with E-state index in [4.69, 9.17) is 10.5 Å². The maximum absolute atomic E-state index is 12.0. The molecule has 0 aromatic heterocycles. The Kier molecular flexibility index (Phi) is 8.24. The zero-order valence-corrected chi connectivity index (χ0v) is 13.9. The number of methoxy groups -OCH3 is 1. The molecule has 1 aromatic carbocycles. The lowest BCUT2D eigenvalue weighted by Crippen LogP contribution is -2.42. The third kappa shape index (κ3) is 5.83. The largest absolute Gasteiger partial charge is 0.497 e. The van der Waals surface area contributed by atoms with Crippen molar-refractivity contribution in [1.29, 1.82) is 0 Å². The van der Waals surface area contributed by atoms with E-state index in [1.54, 1.807) is 7.11 Å². The minimum Gasteiger partial charge on any atom is -0.497 e. The number of likely N-dealkylation sites (tertiary alicyclic amines) is 1. The van der Waals surface area contributed by atoms with Gasteiger partial charge in [-0.2, -0.15) is 0 Å². The zero-order valence-electron chi connectivity index (χ0n) is 13.1. The Morgan fingerprint density at radius 3 is 2.77 bits per heavy atom. The molecule has 1 amide bonds. The highest BCUT2D eigenvalue weighted by molar-refractivity contribution is 5.85. The molecular weight excluding hydrogens is 302 g/mol. The van der Waals surface area contributed by atoms with Crippen molar-refractivity contribution in [1.82, 2.24) is 10.2 Å². The third-order valence-corrected chi connectivity index (χ3v) is 4.03. The Morgan fingerprint density at radius 2 is 2.14 bits per heavy atom. The Hall–Kier alpha value is -1.30. The van der Waals surface area contributed by atoms with Gasteiger partial charge >= 0.3 is 0 Å². The Morgan fingerprint density at radius 1 is 1.41 bits per heavy atom. The van der Waals surface area contributed by atoms with Crippen molar-refractivity contribution in [2.75, 3.05) is 33.3 Å². The Labute approximate surface area is 138 Å². The molecule has 0 unspecified atom stereocenters. The van der Waals surface area contributed by atoms with E-state index < -0.39 is 0 Å². The number of hydrogen-bond acceptors (Lipinski definition) is 4. The molecule has 1 saturated heterocycles. The van der Waals surface area contributed by atoms with Crippen molar-refractivity contribution in [3.63, 3.8) is 0 Å². The second kappa shape index (κ2) is 9.66. The van der Waals surface area contributed by atoms with E-state index in [-0.39, 0.29) is 18.3 Å². The van der Waals surface area contributed by atoms with E-state index in [2.05, 4.69) is 10.2 Å². The maximum Gasteiger partial charge on any atom is 0.234 e. The normalized spacial score (nSPS) is 15.9. The summed E-state index contributed by atoms with van der Waals surface area (Å²) in [6.45, 7) is 3.70. The summed E-state index contributed by atoms with van der Waals surface area (Å²) >= 11 is 0. The average molecular weight is 328 g/mol. The van der Waals surface area contributed by atoms with Gasteiger partial charge in [-0.3, -0.25) is 9.69 Å². The van der Waals surface area contributed by atoms with Crippen LogP contribution in [0, 0.1) is 5.92 Å². The lowest BCUT2D eigenvalue weighted by atomic mass is 9.97. The van der Waals surface area contributed by atoms with Gasteiger partial charge < -0.3 is 15.8 Å². The van der Waals surface area contributed by atoms with Crippen molar-refractivity contribution in [3.8, 4) is 5.75 Å². The zero-order chi connectivity index (χ0) is 15.1. The van der Waals surface area contributed by atoms with Gasteiger partial charge in [0.1, 0.15) is 5.75 Å². The van der Waals surface area contributed by atoms with Gasteiger partial charge in [0.2, 0.25) is 5.91 Å². The number of carbonyl (C=O) groups excluding carboxylic acids is 1. The van der Waals surface area contributed by atoms with Gasteiger partial charge in [0.25, 0.3) is 0 Å². The molecule has 22 heavy (non-hydrogen) atoms. The first-order chi connectivity index (χ1) is 10.2. The van der Waals surface area contributed by atoms with E-state index in [9.17, 15) is 4.79 Å².